The molecule has 0 aliphatic carbocycles. The van der Waals surface area contributed by atoms with Crippen molar-refractivity contribution in [3.63, 3.8) is 0 Å². The van der Waals surface area contributed by atoms with E-state index in [1.807, 2.05) is 42.0 Å². The van der Waals surface area contributed by atoms with E-state index in [4.69, 9.17) is 9.84 Å². The van der Waals surface area contributed by atoms with Crippen LogP contribution in [0.3, 0.4) is 0 Å². The lowest BCUT2D eigenvalue weighted by molar-refractivity contribution is -0.137. The first kappa shape index (κ1) is 13.2. The molecule has 4 heteroatoms. The second-order valence-electron chi connectivity index (χ2n) is 4.47. The number of benzene rings is 1. The van der Waals surface area contributed by atoms with Gasteiger partial charge in [-0.25, -0.2) is 0 Å². The number of aryl methyl sites for hydroxylation is 2. The molecule has 19 heavy (non-hydrogen) atoms. The zero-order chi connectivity index (χ0) is 13.8. The molecule has 1 heterocycles. The number of carbonyl (C=O) groups is 1. The van der Waals surface area contributed by atoms with E-state index in [0.29, 0.717) is 6.54 Å². The summed E-state index contributed by atoms with van der Waals surface area (Å²) in [5.41, 5.74) is 3.21. The maximum Gasteiger partial charge on any atom is 0.305 e. The molecule has 0 unspecified atom stereocenters. The van der Waals surface area contributed by atoms with E-state index in [9.17, 15) is 4.79 Å². The highest BCUT2D eigenvalue weighted by Gasteiger charge is 2.08. The highest BCUT2D eigenvalue weighted by molar-refractivity contribution is 5.67. The van der Waals surface area contributed by atoms with Gasteiger partial charge in [-0.1, -0.05) is 0 Å². The lowest BCUT2D eigenvalue weighted by Gasteiger charge is -2.08. The first-order chi connectivity index (χ1) is 9.10. The summed E-state index contributed by atoms with van der Waals surface area (Å²) < 4.78 is 7.11. The van der Waals surface area contributed by atoms with E-state index in [1.165, 1.54) is 0 Å². The van der Waals surface area contributed by atoms with Crippen LogP contribution in [-0.4, -0.2) is 22.8 Å². The van der Waals surface area contributed by atoms with Crippen molar-refractivity contribution in [3.05, 3.63) is 42.1 Å². The third kappa shape index (κ3) is 3.16. The quantitative estimate of drug-likeness (QED) is 0.898. The Morgan fingerprint density at radius 2 is 2.00 bits per heavy atom. The van der Waals surface area contributed by atoms with Gasteiger partial charge >= 0.3 is 5.97 Å². The van der Waals surface area contributed by atoms with Crippen molar-refractivity contribution in [2.75, 3.05) is 7.11 Å². The Morgan fingerprint density at radius 1 is 1.32 bits per heavy atom. The largest absolute Gasteiger partial charge is 0.497 e. The summed E-state index contributed by atoms with van der Waals surface area (Å²) in [5.74, 6) is 0.0242. The Kier molecular flexibility index (Phi) is 3.90. The second-order valence-corrected chi connectivity index (χ2v) is 4.47. The Morgan fingerprint density at radius 3 is 2.58 bits per heavy atom. The van der Waals surface area contributed by atoms with E-state index >= 15 is 0 Å². The van der Waals surface area contributed by atoms with Crippen molar-refractivity contribution in [3.8, 4) is 17.0 Å². The normalized spacial score (nSPS) is 10.4. The number of methoxy groups -OCH3 is 1. The first-order valence-electron chi connectivity index (χ1n) is 6.13. The second kappa shape index (κ2) is 5.61. The fraction of sp³-hybridized carbons (Fsp3) is 0.267. The maximum atomic E-state index is 10.7. The molecule has 0 atom stereocenters. The summed E-state index contributed by atoms with van der Waals surface area (Å²) in [7, 11) is 1.63. The molecule has 0 aliphatic heterocycles. The zero-order valence-electron chi connectivity index (χ0n) is 11.1. The maximum absolute atomic E-state index is 10.7. The van der Waals surface area contributed by atoms with Gasteiger partial charge in [0.05, 0.1) is 13.5 Å². The number of ether oxygens (including phenoxy) is 1. The van der Waals surface area contributed by atoms with Gasteiger partial charge in [0.25, 0.3) is 0 Å². The Labute approximate surface area is 112 Å². The Balaban J connectivity index is 2.29. The van der Waals surface area contributed by atoms with Crippen LogP contribution in [0.15, 0.2) is 36.5 Å². The topological polar surface area (TPSA) is 51.5 Å². The lowest BCUT2D eigenvalue weighted by Crippen LogP contribution is -2.04. The summed E-state index contributed by atoms with van der Waals surface area (Å²) >= 11 is 0. The number of nitrogens with zero attached hydrogens (tertiary/aromatic N) is 1. The number of hydrogen-bond donors (Lipinski definition) is 1. The van der Waals surface area contributed by atoms with E-state index in [-0.39, 0.29) is 6.42 Å². The van der Waals surface area contributed by atoms with Crippen LogP contribution in [0.2, 0.25) is 0 Å². The number of carboxylic acid groups (broad SMARTS) is 1. The molecule has 0 bridgehead atoms. The van der Waals surface area contributed by atoms with E-state index < -0.39 is 5.97 Å². The van der Waals surface area contributed by atoms with Crippen LogP contribution in [0.25, 0.3) is 11.3 Å². The average Bonchev–Trinajstić information content (AvgIpc) is 2.78. The Bertz CT molecular complexity index is 570. The molecule has 1 N–H and O–H groups in total. The van der Waals surface area contributed by atoms with Crippen molar-refractivity contribution in [1.29, 1.82) is 0 Å². The summed E-state index contributed by atoms with van der Waals surface area (Å²) in [6.45, 7) is 2.48. The fourth-order valence-corrected chi connectivity index (χ4v) is 2.06. The van der Waals surface area contributed by atoms with Gasteiger partial charge in [0.2, 0.25) is 0 Å². The van der Waals surface area contributed by atoms with Crippen LogP contribution in [0.5, 0.6) is 5.75 Å². The number of hydrogen-bond acceptors (Lipinski definition) is 2. The highest BCUT2D eigenvalue weighted by atomic mass is 16.5. The van der Waals surface area contributed by atoms with Crippen LogP contribution < -0.4 is 4.74 Å². The van der Waals surface area contributed by atoms with Crippen molar-refractivity contribution >= 4 is 5.97 Å². The monoisotopic (exact) mass is 259 g/mol. The van der Waals surface area contributed by atoms with Gasteiger partial charge in [0.15, 0.2) is 0 Å². The number of rotatable bonds is 5. The van der Waals surface area contributed by atoms with Crippen LogP contribution in [0.1, 0.15) is 12.0 Å². The molecule has 100 valence electrons. The molecule has 4 nitrogen and oxygen atoms in total. The Hall–Kier alpha value is -2.23. The van der Waals surface area contributed by atoms with E-state index in [1.54, 1.807) is 7.11 Å². The van der Waals surface area contributed by atoms with Gasteiger partial charge in [-0.05, 0) is 48.4 Å². The summed E-state index contributed by atoms with van der Waals surface area (Å²) in [6, 6.07) is 9.82. The minimum absolute atomic E-state index is 0.122. The number of aliphatic carboxylic acids is 1. The molecule has 0 fully saturated rings. The minimum atomic E-state index is -0.785. The lowest BCUT2D eigenvalue weighted by atomic mass is 10.1. The molecule has 0 aliphatic rings. The van der Waals surface area contributed by atoms with Crippen molar-refractivity contribution in [2.45, 2.75) is 19.9 Å². The molecule has 0 radical (unpaired) electrons. The van der Waals surface area contributed by atoms with Crippen molar-refractivity contribution in [1.82, 2.24) is 4.57 Å². The summed E-state index contributed by atoms with van der Waals surface area (Å²) in [4.78, 5) is 10.7. The van der Waals surface area contributed by atoms with Crippen LogP contribution in [-0.2, 0) is 11.3 Å². The molecule has 0 amide bonds. The third-order valence-electron chi connectivity index (χ3n) is 2.99. The smallest absolute Gasteiger partial charge is 0.305 e. The number of aromatic nitrogens is 1. The van der Waals surface area contributed by atoms with Crippen molar-refractivity contribution < 1.29 is 14.6 Å². The molecule has 0 saturated carbocycles. The van der Waals surface area contributed by atoms with Crippen LogP contribution in [0, 0.1) is 6.92 Å². The average molecular weight is 259 g/mol. The van der Waals surface area contributed by atoms with Crippen LogP contribution >= 0.6 is 0 Å². The van der Waals surface area contributed by atoms with Gasteiger partial charge in [-0.3, -0.25) is 4.79 Å². The molecular weight excluding hydrogens is 242 g/mol. The molecule has 1 aromatic carbocycles. The predicted octanol–water partition coefficient (Wildman–Crippen LogP) is 2.95. The van der Waals surface area contributed by atoms with Crippen LogP contribution in [0.4, 0.5) is 0 Å². The minimum Gasteiger partial charge on any atom is -0.497 e. The zero-order valence-corrected chi connectivity index (χ0v) is 11.1. The van der Waals surface area contributed by atoms with Gasteiger partial charge < -0.3 is 14.4 Å². The molecule has 0 saturated heterocycles. The van der Waals surface area contributed by atoms with Gasteiger partial charge in [-0.2, -0.15) is 0 Å². The predicted molar refractivity (Wildman–Crippen MR) is 73.4 cm³/mol. The fourth-order valence-electron chi connectivity index (χ4n) is 2.06. The number of carboxylic acids is 1. The SMILES string of the molecule is COc1ccc(-c2cc(C)cn2CCC(=O)O)cc1. The summed E-state index contributed by atoms with van der Waals surface area (Å²) in [5, 5.41) is 8.78. The molecule has 1 aromatic heterocycles. The molecular formula is C15H17NO3. The third-order valence-corrected chi connectivity index (χ3v) is 2.99. The van der Waals surface area contributed by atoms with Crippen molar-refractivity contribution in [2.24, 2.45) is 0 Å². The summed E-state index contributed by atoms with van der Waals surface area (Å²) in [6.07, 6.45) is 2.10. The van der Waals surface area contributed by atoms with Gasteiger partial charge in [0.1, 0.15) is 5.75 Å². The first-order valence-corrected chi connectivity index (χ1v) is 6.13. The molecule has 0 spiro atoms. The van der Waals surface area contributed by atoms with E-state index in [0.717, 1.165) is 22.6 Å². The highest BCUT2D eigenvalue weighted by Crippen LogP contribution is 2.24. The molecule has 2 aromatic rings. The standard InChI is InChI=1S/C15H17NO3/c1-11-9-14(16(10-11)8-7-15(17)18)12-3-5-13(19-2)6-4-12/h3-6,9-10H,7-8H2,1-2H3,(H,17,18). The van der Waals surface area contributed by atoms with Gasteiger partial charge in [0, 0.05) is 18.4 Å². The van der Waals surface area contributed by atoms with E-state index in [2.05, 4.69) is 6.07 Å². The van der Waals surface area contributed by atoms with Gasteiger partial charge in [-0.15, -0.1) is 0 Å². The molecule has 2 rings (SSSR count).